The first-order valence-electron chi connectivity index (χ1n) is 5.04. The summed E-state index contributed by atoms with van der Waals surface area (Å²) in [7, 11) is 0. The minimum absolute atomic E-state index is 0.794. The predicted octanol–water partition coefficient (Wildman–Crippen LogP) is 0.716. The van der Waals surface area contributed by atoms with Gasteiger partial charge in [0.15, 0.2) is 0 Å². The van der Waals surface area contributed by atoms with Crippen LogP contribution in [0.1, 0.15) is 19.3 Å². The van der Waals surface area contributed by atoms with E-state index in [9.17, 15) is 0 Å². The van der Waals surface area contributed by atoms with E-state index in [1.807, 2.05) is 0 Å². The Balaban J connectivity index is 1.99. The zero-order valence-electron chi connectivity index (χ0n) is 8.13. The Morgan fingerprint density at radius 1 is 1.46 bits per heavy atom. The van der Waals surface area contributed by atoms with Crippen molar-refractivity contribution in [1.29, 1.82) is 0 Å². The lowest BCUT2D eigenvalue weighted by Gasteiger charge is -2.07. The van der Waals surface area contributed by atoms with Crippen LogP contribution in [0.2, 0.25) is 0 Å². The maximum Gasteiger partial charge on any atom is 0.0483 e. The summed E-state index contributed by atoms with van der Waals surface area (Å²) in [5.74, 6) is 0. The molecule has 0 atom stereocenters. The van der Waals surface area contributed by atoms with Crippen LogP contribution >= 0.6 is 0 Å². The van der Waals surface area contributed by atoms with Gasteiger partial charge in [-0.3, -0.25) is 4.99 Å². The molecule has 3 nitrogen and oxygen atoms in total. The zero-order chi connectivity index (χ0) is 9.36. The SMILES string of the molecule is NCCCCNCC1=NCCC=C1. The van der Waals surface area contributed by atoms with E-state index < -0.39 is 0 Å². The van der Waals surface area contributed by atoms with E-state index in [0.717, 1.165) is 45.4 Å². The van der Waals surface area contributed by atoms with Crippen molar-refractivity contribution < 1.29 is 0 Å². The number of dihydropyridines is 1. The molecule has 0 saturated carbocycles. The molecular formula is C10H19N3. The summed E-state index contributed by atoms with van der Waals surface area (Å²) in [6.45, 7) is 3.70. The maximum absolute atomic E-state index is 5.39. The third kappa shape index (κ3) is 4.80. The van der Waals surface area contributed by atoms with Crippen molar-refractivity contribution in [2.24, 2.45) is 10.7 Å². The number of hydrogen-bond donors (Lipinski definition) is 2. The van der Waals surface area contributed by atoms with Gasteiger partial charge < -0.3 is 11.1 Å². The maximum atomic E-state index is 5.39. The van der Waals surface area contributed by atoms with E-state index in [1.54, 1.807) is 0 Å². The van der Waals surface area contributed by atoms with Crippen LogP contribution in [0.5, 0.6) is 0 Å². The monoisotopic (exact) mass is 181 g/mol. The first-order chi connectivity index (χ1) is 6.43. The van der Waals surface area contributed by atoms with E-state index in [0.29, 0.717) is 0 Å². The molecule has 1 aliphatic rings. The van der Waals surface area contributed by atoms with Crippen LogP contribution in [0.25, 0.3) is 0 Å². The van der Waals surface area contributed by atoms with Gasteiger partial charge in [-0.15, -0.1) is 0 Å². The van der Waals surface area contributed by atoms with Crippen molar-refractivity contribution in [3.8, 4) is 0 Å². The molecule has 1 rings (SSSR count). The van der Waals surface area contributed by atoms with Crippen LogP contribution < -0.4 is 11.1 Å². The Labute approximate surface area is 80.1 Å². The summed E-state index contributed by atoms with van der Waals surface area (Å²) in [5.41, 5.74) is 6.57. The summed E-state index contributed by atoms with van der Waals surface area (Å²) >= 11 is 0. The minimum atomic E-state index is 0.794. The molecule has 0 aliphatic carbocycles. The molecule has 0 aromatic heterocycles. The fraction of sp³-hybridized carbons (Fsp3) is 0.700. The van der Waals surface area contributed by atoms with Gasteiger partial charge in [-0.25, -0.2) is 0 Å². The summed E-state index contributed by atoms with van der Waals surface area (Å²) < 4.78 is 0. The molecule has 0 fully saturated rings. The quantitative estimate of drug-likeness (QED) is 0.593. The second-order valence-electron chi connectivity index (χ2n) is 3.24. The molecule has 13 heavy (non-hydrogen) atoms. The van der Waals surface area contributed by atoms with Crippen molar-refractivity contribution in [3.05, 3.63) is 12.2 Å². The highest BCUT2D eigenvalue weighted by atomic mass is 14.9. The lowest BCUT2D eigenvalue weighted by molar-refractivity contribution is 0.667. The molecular weight excluding hydrogens is 162 g/mol. The molecule has 1 heterocycles. The van der Waals surface area contributed by atoms with Gasteiger partial charge in [0.1, 0.15) is 0 Å². The summed E-state index contributed by atoms with van der Waals surface area (Å²) in [4.78, 5) is 4.39. The van der Waals surface area contributed by atoms with E-state index in [4.69, 9.17) is 5.73 Å². The van der Waals surface area contributed by atoms with Gasteiger partial charge in [-0.05, 0) is 38.4 Å². The predicted molar refractivity (Wildman–Crippen MR) is 57.2 cm³/mol. The molecule has 0 amide bonds. The number of nitrogens with two attached hydrogens (primary N) is 1. The standard InChI is InChI=1S/C10H19N3/c11-6-2-4-7-12-9-10-5-1-3-8-13-10/h1,5,12H,2-4,6-9,11H2. The Hall–Kier alpha value is -0.670. The third-order valence-electron chi connectivity index (χ3n) is 2.03. The highest BCUT2D eigenvalue weighted by Gasteiger charge is 1.97. The largest absolute Gasteiger partial charge is 0.330 e. The van der Waals surface area contributed by atoms with Gasteiger partial charge in [0, 0.05) is 18.8 Å². The van der Waals surface area contributed by atoms with Crippen molar-refractivity contribution in [2.45, 2.75) is 19.3 Å². The molecule has 0 aromatic carbocycles. The van der Waals surface area contributed by atoms with Crippen LogP contribution in [0.4, 0.5) is 0 Å². The fourth-order valence-corrected chi connectivity index (χ4v) is 1.28. The number of unbranched alkanes of at least 4 members (excludes halogenated alkanes) is 1. The Morgan fingerprint density at radius 3 is 3.08 bits per heavy atom. The van der Waals surface area contributed by atoms with E-state index in [-0.39, 0.29) is 0 Å². The number of aliphatic imine (C=N–C) groups is 1. The number of nitrogens with one attached hydrogen (secondary N) is 1. The van der Waals surface area contributed by atoms with E-state index in [1.165, 1.54) is 5.71 Å². The summed E-state index contributed by atoms with van der Waals surface area (Å²) in [5, 5.41) is 3.35. The van der Waals surface area contributed by atoms with Crippen LogP contribution in [0.3, 0.4) is 0 Å². The molecule has 0 saturated heterocycles. The molecule has 0 unspecified atom stereocenters. The second-order valence-corrected chi connectivity index (χ2v) is 3.24. The van der Waals surface area contributed by atoms with E-state index in [2.05, 4.69) is 22.5 Å². The second kappa shape index (κ2) is 6.80. The molecule has 74 valence electrons. The molecule has 0 radical (unpaired) electrons. The fourth-order valence-electron chi connectivity index (χ4n) is 1.28. The molecule has 3 N–H and O–H groups in total. The van der Waals surface area contributed by atoms with Gasteiger partial charge >= 0.3 is 0 Å². The number of nitrogens with zero attached hydrogens (tertiary/aromatic N) is 1. The summed E-state index contributed by atoms with van der Waals surface area (Å²) in [6, 6.07) is 0. The lowest BCUT2D eigenvalue weighted by Crippen LogP contribution is -2.24. The average Bonchev–Trinajstić information content (AvgIpc) is 2.19. The van der Waals surface area contributed by atoms with Gasteiger partial charge in [0.25, 0.3) is 0 Å². The van der Waals surface area contributed by atoms with Crippen LogP contribution in [-0.4, -0.2) is 31.9 Å². The molecule has 3 heteroatoms. The van der Waals surface area contributed by atoms with Gasteiger partial charge in [-0.2, -0.15) is 0 Å². The van der Waals surface area contributed by atoms with Crippen molar-refractivity contribution in [3.63, 3.8) is 0 Å². The zero-order valence-corrected chi connectivity index (χ0v) is 8.13. The normalized spacial score (nSPS) is 15.9. The first kappa shape index (κ1) is 10.4. The topological polar surface area (TPSA) is 50.4 Å². The van der Waals surface area contributed by atoms with Crippen molar-refractivity contribution in [2.75, 3.05) is 26.2 Å². The Morgan fingerprint density at radius 2 is 2.38 bits per heavy atom. The molecule has 0 bridgehead atoms. The minimum Gasteiger partial charge on any atom is -0.330 e. The highest BCUT2D eigenvalue weighted by molar-refractivity contribution is 5.97. The average molecular weight is 181 g/mol. The third-order valence-corrected chi connectivity index (χ3v) is 2.03. The number of hydrogen-bond acceptors (Lipinski definition) is 3. The van der Waals surface area contributed by atoms with Crippen LogP contribution in [0.15, 0.2) is 17.1 Å². The van der Waals surface area contributed by atoms with Crippen molar-refractivity contribution in [1.82, 2.24) is 5.32 Å². The smallest absolute Gasteiger partial charge is 0.0483 e. The van der Waals surface area contributed by atoms with Gasteiger partial charge in [-0.1, -0.05) is 6.08 Å². The summed E-state index contributed by atoms with van der Waals surface area (Å²) in [6.07, 6.45) is 7.66. The van der Waals surface area contributed by atoms with Gasteiger partial charge in [0.05, 0.1) is 0 Å². The van der Waals surface area contributed by atoms with Crippen LogP contribution in [0, 0.1) is 0 Å². The van der Waals surface area contributed by atoms with Gasteiger partial charge in [0.2, 0.25) is 0 Å². The Kier molecular flexibility index (Phi) is 5.45. The van der Waals surface area contributed by atoms with Crippen molar-refractivity contribution >= 4 is 5.71 Å². The van der Waals surface area contributed by atoms with E-state index >= 15 is 0 Å². The number of rotatable bonds is 6. The molecule has 0 aromatic rings. The first-order valence-corrected chi connectivity index (χ1v) is 5.04. The molecule has 1 aliphatic heterocycles. The Bertz CT molecular complexity index is 185. The highest BCUT2D eigenvalue weighted by Crippen LogP contribution is 1.95. The van der Waals surface area contributed by atoms with Crippen LogP contribution in [-0.2, 0) is 0 Å². The molecule has 0 spiro atoms. The lowest BCUT2D eigenvalue weighted by atomic mass is 10.2.